The van der Waals surface area contributed by atoms with E-state index in [9.17, 15) is 12.8 Å². The van der Waals surface area contributed by atoms with Crippen molar-refractivity contribution in [1.82, 2.24) is 4.98 Å². The van der Waals surface area contributed by atoms with Crippen molar-refractivity contribution < 1.29 is 17.5 Å². The van der Waals surface area contributed by atoms with Gasteiger partial charge in [-0.05, 0) is 36.2 Å². The molecule has 2 aromatic rings. The number of sulfone groups is 1. The van der Waals surface area contributed by atoms with E-state index in [0.29, 0.717) is 5.56 Å². The Labute approximate surface area is 134 Å². The molecule has 3 rings (SSSR count). The molecule has 0 radical (unpaired) electrons. The van der Waals surface area contributed by atoms with Crippen LogP contribution in [0.1, 0.15) is 12.0 Å². The lowest BCUT2D eigenvalue weighted by atomic mass is 10.2. The fraction of sp³-hybridized carbons (Fsp3) is 0.312. The van der Waals surface area contributed by atoms with Crippen LogP contribution in [0.5, 0.6) is 0 Å². The van der Waals surface area contributed by atoms with Gasteiger partial charge >= 0.3 is 0 Å². The van der Waals surface area contributed by atoms with Crippen LogP contribution in [-0.4, -0.2) is 33.6 Å². The Bertz CT molecular complexity index is 803. The molecular formula is C16H17FN2O3S. The maximum absolute atomic E-state index is 13.5. The molecule has 1 aromatic carbocycles. The van der Waals surface area contributed by atoms with Crippen molar-refractivity contribution in [3.05, 3.63) is 47.9 Å². The first kappa shape index (κ1) is 15.9. The van der Waals surface area contributed by atoms with E-state index in [-0.39, 0.29) is 16.4 Å². The van der Waals surface area contributed by atoms with E-state index >= 15 is 0 Å². The van der Waals surface area contributed by atoms with Gasteiger partial charge < -0.3 is 9.64 Å². The summed E-state index contributed by atoms with van der Waals surface area (Å²) < 4.78 is 44.1. The molecule has 122 valence electrons. The summed E-state index contributed by atoms with van der Waals surface area (Å²) in [6.07, 6.45) is 2.44. The molecule has 1 fully saturated rings. The van der Waals surface area contributed by atoms with Crippen LogP contribution in [0.15, 0.2) is 46.3 Å². The second-order valence-electron chi connectivity index (χ2n) is 5.38. The Kier molecular flexibility index (Phi) is 4.32. The summed E-state index contributed by atoms with van der Waals surface area (Å²) in [5.74, 6) is 0.153. The number of nitrogens with zero attached hydrogens (tertiary/aromatic N) is 2. The van der Waals surface area contributed by atoms with Gasteiger partial charge in [-0.1, -0.05) is 6.07 Å². The first-order valence-corrected chi connectivity index (χ1v) is 8.74. The molecule has 5 nitrogen and oxygen atoms in total. The van der Waals surface area contributed by atoms with E-state index in [1.165, 1.54) is 31.5 Å². The first-order chi connectivity index (χ1) is 11.0. The zero-order chi connectivity index (χ0) is 16.4. The number of methoxy groups -OCH3 is 1. The Morgan fingerprint density at radius 2 is 2.04 bits per heavy atom. The van der Waals surface area contributed by atoms with Crippen LogP contribution < -0.4 is 4.90 Å². The van der Waals surface area contributed by atoms with Crippen molar-refractivity contribution in [3.8, 4) is 0 Å². The number of anilines is 1. The van der Waals surface area contributed by atoms with Gasteiger partial charge in [0.25, 0.3) is 0 Å². The minimum atomic E-state index is -3.85. The lowest BCUT2D eigenvalue weighted by molar-refractivity contribution is 0.182. The standard InChI is InChI=1S/C16H17FN2O3S/c1-22-11-12-3-4-13(17)9-15(12)23(20,21)14-5-6-16(18-10-14)19-7-2-8-19/h3-6,9-10H,2,7-8,11H2,1H3. The summed E-state index contributed by atoms with van der Waals surface area (Å²) in [6, 6.07) is 6.86. The second kappa shape index (κ2) is 6.25. The van der Waals surface area contributed by atoms with Crippen molar-refractivity contribution in [2.45, 2.75) is 22.8 Å². The molecule has 0 spiro atoms. The van der Waals surface area contributed by atoms with Crippen molar-refractivity contribution in [1.29, 1.82) is 0 Å². The summed E-state index contributed by atoms with van der Waals surface area (Å²) in [4.78, 5) is 6.24. The molecule has 0 amide bonds. The molecule has 1 saturated heterocycles. The molecule has 0 N–H and O–H groups in total. The SMILES string of the molecule is COCc1ccc(F)cc1S(=O)(=O)c1ccc(N2CCC2)nc1. The van der Waals surface area contributed by atoms with Gasteiger partial charge in [0.1, 0.15) is 11.6 Å². The minimum absolute atomic E-state index is 0.0460. The summed E-state index contributed by atoms with van der Waals surface area (Å²) in [7, 11) is -2.39. The highest BCUT2D eigenvalue weighted by atomic mass is 32.2. The van der Waals surface area contributed by atoms with Crippen LogP contribution in [-0.2, 0) is 21.2 Å². The molecule has 0 bridgehead atoms. The molecule has 0 aliphatic carbocycles. The third-order valence-electron chi connectivity index (χ3n) is 3.83. The zero-order valence-electron chi connectivity index (χ0n) is 12.7. The number of benzene rings is 1. The monoisotopic (exact) mass is 336 g/mol. The van der Waals surface area contributed by atoms with Crippen LogP contribution in [0.25, 0.3) is 0 Å². The molecule has 1 aromatic heterocycles. The Balaban J connectivity index is 1.99. The normalized spacial score (nSPS) is 14.6. The number of hydrogen-bond acceptors (Lipinski definition) is 5. The summed E-state index contributed by atoms with van der Waals surface area (Å²) in [5, 5.41) is 0. The third-order valence-corrected chi connectivity index (χ3v) is 5.65. The summed E-state index contributed by atoms with van der Waals surface area (Å²) in [5.41, 5.74) is 0.417. The highest BCUT2D eigenvalue weighted by molar-refractivity contribution is 7.91. The molecule has 0 atom stereocenters. The van der Waals surface area contributed by atoms with Crippen LogP contribution in [0.2, 0.25) is 0 Å². The zero-order valence-corrected chi connectivity index (χ0v) is 13.5. The van der Waals surface area contributed by atoms with Crippen LogP contribution >= 0.6 is 0 Å². The number of ether oxygens (including phenoxy) is 1. The van der Waals surface area contributed by atoms with E-state index in [2.05, 4.69) is 9.88 Å². The Morgan fingerprint density at radius 3 is 2.61 bits per heavy atom. The molecule has 1 aliphatic rings. The fourth-order valence-corrected chi connectivity index (χ4v) is 3.88. The van der Waals surface area contributed by atoms with Gasteiger partial charge in [-0.2, -0.15) is 0 Å². The van der Waals surface area contributed by atoms with Crippen molar-refractivity contribution in [2.24, 2.45) is 0 Å². The average molecular weight is 336 g/mol. The fourth-order valence-electron chi connectivity index (χ4n) is 2.44. The predicted molar refractivity (Wildman–Crippen MR) is 83.6 cm³/mol. The lowest BCUT2D eigenvalue weighted by Gasteiger charge is -2.31. The molecular weight excluding hydrogens is 319 g/mol. The summed E-state index contributed by atoms with van der Waals surface area (Å²) in [6.45, 7) is 1.95. The number of rotatable bonds is 5. The van der Waals surface area contributed by atoms with Gasteiger partial charge in [0.15, 0.2) is 0 Å². The highest BCUT2D eigenvalue weighted by Gasteiger charge is 2.23. The number of aromatic nitrogens is 1. The third kappa shape index (κ3) is 3.07. The van der Waals surface area contributed by atoms with E-state index in [4.69, 9.17) is 4.74 Å². The predicted octanol–water partition coefficient (Wildman–Crippen LogP) is 2.41. The van der Waals surface area contributed by atoms with Gasteiger partial charge in [-0.15, -0.1) is 0 Å². The largest absolute Gasteiger partial charge is 0.380 e. The lowest BCUT2D eigenvalue weighted by Crippen LogP contribution is -2.37. The Morgan fingerprint density at radius 1 is 1.26 bits per heavy atom. The van der Waals surface area contributed by atoms with Crippen molar-refractivity contribution >= 4 is 15.7 Å². The topological polar surface area (TPSA) is 59.5 Å². The van der Waals surface area contributed by atoms with Gasteiger partial charge in [0, 0.05) is 26.4 Å². The van der Waals surface area contributed by atoms with E-state index < -0.39 is 15.7 Å². The molecule has 23 heavy (non-hydrogen) atoms. The molecule has 1 aliphatic heterocycles. The number of pyridine rings is 1. The molecule has 0 saturated carbocycles. The van der Waals surface area contributed by atoms with E-state index in [0.717, 1.165) is 31.4 Å². The molecule has 0 unspecified atom stereocenters. The van der Waals surface area contributed by atoms with Gasteiger partial charge in [-0.3, -0.25) is 0 Å². The Hall–Kier alpha value is -1.99. The number of halogens is 1. The molecule has 7 heteroatoms. The van der Waals surface area contributed by atoms with Crippen LogP contribution in [0, 0.1) is 5.82 Å². The van der Waals surface area contributed by atoms with Crippen LogP contribution in [0.4, 0.5) is 10.2 Å². The smallest absolute Gasteiger partial charge is 0.208 e. The second-order valence-corrected chi connectivity index (χ2v) is 7.30. The maximum atomic E-state index is 13.5. The summed E-state index contributed by atoms with van der Waals surface area (Å²) >= 11 is 0. The van der Waals surface area contributed by atoms with Crippen LogP contribution in [0.3, 0.4) is 0 Å². The minimum Gasteiger partial charge on any atom is -0.380 e. The molecule has 2 heterocycles. The van der Waals surface area contributed by atoms with Crippen molar-refractivity contribution in [3.63, 3.8) is 0 Å². The van der Waals surface area contributed by atoms with Crippen molar-refractivity contribution in [2.75, 3.05) is 25.1 Å². The number of hydrogen-bond donors (Lipinski definition) is 0. The van der Waals surface area contributed by atoms with E-state index in [1.54, 1.807) is 6.07 Å². The highest BCUT2D eigenvalue weighted by Crippen LogP contribution is 2.27. The quantitative estimate of drug-likeness (QED) is 0.839. The van der Waals surface area contributed by atoms with Gasteiger partial charge in [0.2, 0.25) is 9.84 Å². The van der Waals surface area contributed by atoms with E-state index in [1.807, 2.05) is 0 Å². The van der Waals surface area contributed by atoms with Gasteiger partial charge in [-0.25, -0.2) is 17.8 Å². The van der Waals surface area contributed by atoms with Gasteiger partial charge in [0.05, 0.1) is 16.4 Å². The average Bonchev–Trinajstić information content (AvgIpc) is 2.48. The maximum Gasteiger partial charge on any atom is 0.208 e. The first-order valence-electron chi connectivity index (χ1n) is 7.26.